The van der Waals surface area contributed by atoms with Crippen molar-refractivity contribution >= 4 is 28.2 Å². The number of carbonyl (C=O) groups excluding carboxylic acids is 2. The van der Waals surface area contributed by atoms with Gasteiger partial charge in [0.15, 0.2) is 0 Å². The molecule has 0 bridgehead atoms. The predicted octanol–water partition coefficient (Wildman–Crippen LogP) is 4.53. The number of thiophene rings is 1. The molecule has 1 N–H and O–H groups in total. The zero-order valence-electron chi connectivity index (χ0n) is 14.6. The Morgan fingerprint density at radius 1 is 1.17 bits per heavy atom. The van der Waals surface area contributed by atoms with E-state index in [2.05, 4.69) is 12.2 Å². The molecule has 2 aliphatic carbocycles. The quantitative estimate of drug-likeness (QED) is 0.787. The van der Waals surface area contributed by atoms with E-state index in [4.69, 9.17) is 0 Å². The van der Waals surface area contributed by atoms with Crippen molar-refractivity contribution in [1.82, 2.24) is 4.90 Å². The van der Waals surface area contributed by atoms with Gasteiger partial charge in [0, 0.05) is 19.0 Å². The second-order valence-electron chi connectivity index (χ2n) is 7.18. The molecule has 2 fully saturated rings. The van der Waals surface area contributed by atoms with E-state index >= 15 is 0 Å². The van der Waals surface area contributed by atoms with Crippen molar-refractivity contribution in [2.75, 3.05) is 18.4 Å². The Kier molecular flexibility index (Phi) is 5.93. The van der Waals surface area contributed by atoms with Gasteiger partial charge in [-0.15, -0.1) is 11.3 Å². The van der Waals surface area contributed by atoms with E-state index in [1.807, 2.05) is 17.0 Å². The third-order valence-electron chi connectivity index (χ3n) is 5.00. The summed E-state index contributed by atoms with van der Waals surface area (Å²) < 4.78 is 0. The molecule has 0 unspecified atom stereocenters. The summed E-state index contributed by atoms with van der Waals surface area (Å²) in [6.45, 7) is 3.82. The average Bonchev–Trinajstić information content (AvgIpc) is 3.35. The summed E-state index contributed by atoms with van der Waals surface area (Å²) in [6, 6.07) is 3.72. The Labute approximate surface area is 148 Å². The lowest BCUT2D eigenvalue weighted by Gasteiger charge is -2.29. The van der Waals surface area contributed by atoms with Crippen molar-refractivity contribution in [3.05, 3.63) is 17.0 Å². The van der Waals surface area contributed by atoms with Crippen LogP contribution in [-0.4, -0.2) is 29.8 Å². The van der Waals surface area contributed by atoms with Gasteiger partial charge in [0.2, 0.25) is 5.91 Å². The highest BCUT2D eigenvalue weighted by Gasteiger charge is 2.30. The summed E-state index contributed by atoms with van der Waals surface area (Å²) in [5, 5.41) is 3.74. The molecule has 3 rings (SSSR count). The maximum Gasteiger partial charge on any atom is 0.264 e. The molecule has 5 heteroatoms. The van der Waals surface area contributed by atoms with E-state index in [9.17, 15) is 9.59 Å². The maximum absolute atomic E-state index is 12.9. The lowest BCUT2D eigenvalue weighted by atomic mass is 9.89. The lowest BCUT2D eigenvalue weighted by molar-refractivity contribution is -0.117. The third-order valence-corrected chi connectivity index (χ3v) is 5.98. The first-order valence-corrected chi connectivity index (χ1v) is 10.2. The fourth-order valence-electron chi connectivity index (χ4n) is 3.47. The van der Waals surface area contributed by atoms with Crippen LogP contribution in [0.1, 0.15) is 68.0 Å². The van der Waals surface area contributed by atoms with Crippen LogP contribution in [0.5, 0.6) is 0 Å². The Morgan fingerprint density at radius 2 is 1.92 bits per heavy atom. The molecule has 0 saturated heterocycles. The van der Waals surface area contributed by atoms with Crippen LogP contribution >= 0.6 is 11.3 Å². The number of amides is 2. The first-order chi connectivity index (χ1) is 11.7. The van der Waals surface area contributed by atoms with Gasteiger partial charge in [-0.2, -0.15) is 0 Å². The Balaban J connectivity index is 1.60. The average molecular weight is 349 g/mol. The van der Waals surface area contributed by atoms with Gasteiger partial charge in [-0.25, -0.2) is 0 Å². The molecule has 0 aliphatic heterocycles. The molecule has 1 aromatic rings. The summed E-state index contributed by atoms with van der Waals surface area (Å²) in [6.07, 6.45) is 9.41. The number of nitrogens with one attached hydrogen (secondary N) is 1. The SMILES string of the molecule is CCCN(CC1CCCCC1)C(=O)c1ccc(NC(=O)C2CC2)s1. The fraction of sp³-hybridized carbons (Fsp3) is 0.684. The first-order valence-electron chi connectivity index (χ1n) is 9.37. The molecule has 0 aromatic carbocycles. The van der Waals surface area contributed by atoms with Gasteiger partial charge in [0.05, 0.1) is 9.88 Å². The van der Waals surface area contributed by atoms with Gasteiger partial charge in [-0.1, -0.05) is 26.2 Å². The van der Waals surface area contributed by atoms with Crippen molar-refractivity contribution < 1.29 is 9.59 Å². The van der Waals surface area contributed by atoms with Gasteiger partial charge in [0.25, 0.3) is 5.91 Å². The van der Waals surface area contributed by atoms with E-state index in [0.717, 1.165) is 42.2 Å². The summed E-state index contributed by atoms with van der Waals surface area (Å²) in [4.78, 5) is 27.5. The van der Waals surface area contributed by atoms with Crippen molar-refractivity contribution in [3.8, 4) is 0 Å². The molecule has 1 aromatic heterocycles. The first kappa shape index (κ1) is 17.5. The van der Waals surface area contributed by atoms with E-state index in [1.54, 1.807) is 0 Å². The Bertz CT molecular complexity index is 574. The molecular formula is C19H28N2O2S. The minimum absolute atomic E-state index is 0.100. The normalized spacial score (nSPS) is 18.4. The molecule has 4 nitrogen and oxygen atoms in total. The third kappa shape index (κ3) is 4.59. The summed E-state index contributed by atoms with van der Waals surface area (Å²) >= 11 is 1.41. The highest BCUT2D eigenvalue weighted by Crippen LogP contribution is 2.32. The van der Waals surface area contributed by atoms with Gasteiger partial charge in [-0.05, 0) is 50.2 Å². The number of carbonyl (C=O) groups is 2. The van der Waals surface area contributed by atoms with Crippen LogP contribution in [0, 0.1) is 11.8 Å². The van der Waals surface area contributed by atoms with Crippen molar-refractivity contribution in [2.45, 2.75) is 58.3 Å². The Hall–Kier alpha value is -1.36. The topological polar surface area (TPSA) is 49.4 Å². The molecular weight excluding hydrogens is 320 g/mol. The molecule has 0 radical (unpaired) electrons. The van der Waals surface area contributed by atoms with E-state index in [1.165, 1.54) is 43.4 Å². The largest absolute Gasteiger partial charge is 0.338 e. The van der Waals surface area contributed by atoms with Crippen LogP contribution in [-0.2, 0) is 4.79 Å². The van der Waals surface area contributed by atoms with Crippen LogP contribution in [0.15, 0.2) is 12.1 Å². The highest BCUT2D eigenvalue weighted by atomic mass is 32.1. The molecule has 132 valence electrons. The molecule has 24 heavy (non-hydrogen) atoms. The van der Waals surface area contributed by atoms with Crippen LogP contribution in [0.2, 0.25) is 0 Å². The highest BCUT2D eigenvalue weighted by molar-refractivity contribution is 7.18. The summed E-state index contributed by atoms with van der Waals surface area (Å²) in [7, 11) is 0. The van der Waals surface area contributed by atoms with Crippen LogP contribution < -0.4 is 5.32 Å². The predicted molar refractivity (Wildman–Crippen MR) is 98.4 cm³/mol. The van der Waals surface area contributed by atoms with Crippen molar-refractivity contribution in [3.63, 3.8) is 0 Å². The maximum atomic E-state index is 12.9. The van der Waals surface area contributed by atoms with Gasteiger partial charge in [-0.3, -0.25) is 9.59 Å². The number of hydrogen-bond acceptors (Lipinski definition) is 3. The molecule has 1 heterocycles. The van der Waals surface area contributed by atoms with Crippen LogP contribution in [0.3, 0.4) is 0 Å². The minimum atomic E-state index is 0.100. The standard InChI is InChI=1S/C19H28N2O2S/c1-2-12-21(13-14-6-4-3-5-7-14)19(23)16-10-11-17(24-16)20-18(22)15-8-9-15/h10-11,14-15H,2-9,12-13H2,1H3,(H,20,22). The smallest absolute Gasteiger partial charge is 0.264 e. The van der Waals surface area contributed by atoms with Gasteiger partial charge >= 0.3 is 0 Å². The van der Waals surface area contributed by atoms with Crippen molar-refractivity contribution in [1.29, 1.82) is 0 Å². The molecule has 2 saturated carbocycles. The fourth-order valence-corrected chi connectivity index (χ4v) is 4.35. The molecule has 2 amide bonds. The van der Waals surface area contributed by atoms with E-state index < -0.39 is 0 Å². The van der Waals surface area contributed by atoms with Crippen LogP contribution in [0.25, 0.3) is 0 Å². The number of rotatable bonds is 7. The molecule has 0 atom stereocenters. The summed E-state index contributed by atoms with van der Waals surface area (Å²) in [5.74, 6) is 1.07. The van der Waals surface area contributed by atoms with Crippen molar-refractivity contribution in [2.24, 2.45) is 11.8 Å². The van der Waals surface area contributed by atoms with E-state index in [0.29, 0.717) is 5.92 Å². The number of hydrogen-bond donors (Lipinski definition) is 1. The zero-order valence-corrected chi connectivity index (χ0v) is 15.4. The lowest BCUT2D eigenvalue weighted by Crippen LogP contribution is -2.36. The van der Waals surface area contributed by atoms with E-state index in [-0.39, 0.29) is 17.7 Å². The molecule has 2 aliphatic rings. The second-order valence-corrected chi connectivity index (χ2v) is 8.27. The monoisotopic (exact) mass is 348 g/mol. The minimum Gasteiger partial charge on any atom is -0.338 e. The number of nitrogens with zero attached hydrogens (tertiary/aromatic N) is 1. The molecule has 0 spiro atoms. The summed E-state index contributed by atoms with van der Waals surface area (Å²) in [5.41, 5.74) is 0. The Morgan fingerprint density at radius 3 is 2.58 bits per heavy atom. The number of anilines is 1. The zero-order chi connectivity index (χ0) is 16.9. The second kappa shape index (κ2) is 8.15. The van der Waals surface area contributed by atoms with Gasteiger partial charge < -0.3 is 10.2 Å². The van der Waals surface area contributed by atoms with Gasteiger partial charge in [0.1, 0.15) is 0 Å². The van der Waals surface area contributed by atoms with Crippen LogP contribution in [0.4, 0.5) is 5.00 Å².